The molecule has 0 radical (unpaired) electrons. The molecule has 1 heterocycles. The number of nitrogens with zero attached hydrogens (tertiary/aromatic N) is 2. The molecule has 0 aliphatic rings. The van der Waals surface area contributed by atoms with Crippen LogP contribution >= 0.6 is 34.8 Å². The fraction of sp³-hybridized carbons (Fsp3) is 0.158. The molecule has 1 aromatic heterocycles. The number of hydrogen-bond acceptors (Lipinski definition) is 3. The SMILES string of the molecule is Cc1nn(Cc2ccccc2)c(Cl)c1C(=O)OCc1c(Cl)cccc1Cl. The van der Waals surface area contributed by atoms with Crippen molar-refractivity contribution >= 4 is 40.8 Å². The van der Waals surface area contributed by atoms with E-state index in [2.05, 4.69) is 5.10 Å². The lowest BCUT2D eigenvalue weighted by Crippen LogP contribution is -2.08. The fourth-order valence-corrected chi connectivity index (χ4v) is 3.34. The first kappa shape index (κ1) is 18.8. The Kier molecular flexibility index (Phi) is 5.87. The van der Waals surface area contributed by atoms with Crippen molar-refractivity contribution in [3.05, 3.63) is 86.1 Å². The Labute approximate surface area is 166 Å². The molecule has 0 aliphatic carbocycles. The molecule has 3 rings (SSSR count). The maximum absolute atomic E-state index is 12.5. The first-order valence-electron chi connectivity index (χ1n) is 7.84. The van der Waals surface area contributed by atoms with Crippen LogP contribution in [0.2, 0.25) is 15.2 Å². The van der Waals surface area contributed by atoms with Gasteiger partial charge in [0.1, 0.15) is 17.3 Å². The van der Waals surface area contributed by atoms with Crippen LogP contribution in [-0.4, -0.2) is 15.7 Å². The molecule has 3 aromatic rings. The van der Waals surface area contributed by atoms with Crippen LogP contribution in [0, 0.1) is 6.92 Å². The summed E-state index contributed by atoms with van der Waals surface area (Å²) in [5, 5.41) is 5.46. The predicted molar refractivity (Wildman–Crippen MR) is 103 cm³/mol. The molecule has 0 spiro atoms. The van der Waals surface area contributed by atoms with E-state index in [9.17, 15) is 4.79 Å². The van der Waals surface area contributed by atoms with Crippen molar-refractivity contribution in [2.75, 3.05) is 0 Å². The van der Waals surface area contributed by atoms with Gasteiger partial charge in [-0.05, 0) is 24.6 Å². The Morgan fingerprint density at radius 2 is 1.69 bits per heavy atom. The molecule has 0 N–H and O–H groups in total. The zero-order valence-corrected chi connectivity index (χ0v) is 16.1. The van der Waals surface area contributed by atoms with E-state index in [0.29, 0.717) is 27.8 Å². The minimum Gasteiger partial charge on any atom is -0.457 e. The lowest BCUT2D eigenvalue weighted by molar-refractivity contribution is 0.0472. The number of aromatic nitrogens is 2. The van der Waals surface area contributed by atoms with Gasteiger partial charge < -0.3 is 4.74 Å². The molecule has 0 saturated heterocycles. The Morgan fingerprint density at radius 3 is 2.35 bits per heavy atom. The number of ether oxygens (including phenoxy) is 1. The van der Waals surface area contributed by atoms with Gasteiger partial charge >= 0.3 is 5.97 Å². The van der Waals surface area contributed by atoms with Crippen molar-refractivity contribution in [1.82, 2.24) is 9.78 Å². The lowest BCUT2D eigenvalue weighted by Gasteiger charge is -2.08. The van der Waals surface area contributed by atoms with E-state index in [0.717, 1.165) is 5.56 Å². The molecule has 0 fully saturated rings. The predicted octanol–water partition coefficient (Wildman–Crippen LogP) is 5.56. The smallest absolute Gasteiger partial charge is 0.343 e. The van der Waals surface area contributed by atoms with Gasteiger partial charge in [0.25, 0.3) is 0 Å². The molecule has 2 aromatic carbocycles. The van der Waals surface area contributed by atoms with Gasteiger partial charge in [0.15, 0.2) is 0 Å². The highest BCUT2D eigenvalue weighted by Gasteiger charge is 2.22. The summed E-state index contributed by atoms with van der Waals surface area (Å²) < 4.78 is 6.93. The van der Waals surface area contributed by atoms with Crippen LogP contribution in [0.5, 0.6) is 0 Å². The van der Waals surface area contributed by atoms with Crippen LogP contribution in [0.1, 0.15) is 27.2 Å². The minimum absolute atomic E-state index is 0.0447. The van der Waals surface area contributed by atoms with E-state index < -0.39 is 5.97 Å². The largest absolute Gasteiger partial charge is 0.457 e. The van der Waals surface area contributed by atoms with Crippen LogP contribution in [0.4, 0.5) is 0 Å². The second-order valence-corrected chi connectivity index (χ2v) is 6.84. The number of rotatable bonds is 5. The van der Waals surface area contributed by atoms with Crippen molar-refractivity contribution < 1.29 is 9.53 Å². The van der Waals surface area contributed by atoms with Gasteiger partial charge in [-0.3, -0.25) is 0 Å². The van der Waals surface area contributed by atoms with E-state index in [1.807, 2.05) is 30.3 Å². The van der Waals surface area contributed by atoms with Gasteiger partial charge in [-0.1, -0.05) is 71.2 Å². The molecule has 0 saturated carbocycles. The Balaban J connectivity index is 1.77. The van der Waals surface area contributed by atoms with Gasteiger partial charge in [-0.2, -0.15) is 5.10 Å². The van der Waals surface area contributed by atoms with Gasteiger partial charge in [0, 0.05) is 15.6 Å². The third-order valence-electron chi connectivity index (χ3n) is 3.85. The summed E-state index contributed by atoms with van der Waals surface area (Å²) in [4.78, 5) is 12.5. The number of aryl methyl sites for hydroxylation is 1. The summed E-state index contributed by atoms with van der Waals surface area (Å²) in [5.41, 5.74) is 2.32. The summed E-state index contributed by atoms with van der Waals surface area (Å²) in [7, 11) is 0. The number of benzene rings is 2. The van der Waals surface area contributed by atoms with Crippen molar-refractivity contribution in [2.45, 2.75) is 20.1 Å². The van der Waals surface area contributed by atoms with Gasteiger partial charge in [-0.25, -0.2) is 9.48 Å². The second kappa shape index (κ2) is 8.12. The molecule has 0 unspecified atom stereocenters. The molecule has 7 heteroatoms. The average Bonchev–Trinajstić information content (AvgIpc) is 2.89. The molecular formula is C19H15Cl3N2O2. The molecule has 4 nitrogen and oxygen atoms in total. The number of hydrogen-bond donors (Lipinski definition) is 0. The quantitative estimate of drug-likeness (QED) is 0.518. The number of esters is 1. The number of carbonyl (C=O) groups is 1. The normalized spacial score (nSPS) is 10.8. The van der Waals surface area contributed by atoms with Gasteiger partial charge in [0.05, 0.1) is 12.2 Å². The summed E-state index contributed by atoms with van der Waals surface area (Å²) in [5.74, 6) is -0.567. The third-order valence-corrected chi connectivity index (χ3v) is 4.95. The van der Waals surface area contributed by atoms with Crippen LogP contribution in [0.3, 0.4) is 0 Å². The first-order chi connectivity index (χ1) is 12.5. The van der Waals surface area contributed by atoms with Crippen molar-refractivity contribution in [1.29, 1.82) is 0 Å². The Morgan fingerprint density at radius 1 is 1.04 bits per heavy atom. The van der Waals surface area contributed by atoms with E-state index in [1.54, 1.807) is 29.8 Å². The number of carbonyl (C=O) groups excluding carboxylic acids is 1. The monoisotopic (exact) mass is 408 g/mol. The molecule has 134 valence electrons. The highest BCUT2D eigenvalue weighted by atomic mass is 35.5. The van der Waals surface area contributed by atoms with Crippen LogP contribution in [0.25, 0.3) is 0 Å². The van der Waals surface area contributed by atoms with Crippen molar-refractivity contribution in [2.24, 2.45) is 0 Å². The van der Waals surface area contributed by atoms with E-state index >= 15 is 0 Å². The molecule has 0 bridgehead atoms. The van der Waals surface area contributed by atoms with E-state index in [-0.39, 0.29) is 17.3 Å². The van der Waals surface area contributed by atoms with Crippen LogP contribution in [0.15, 0.2) is 48.5 Å². The Bertz CT molecular complexity index is 919. The standard InChI is InChI=1S/C19H15Cl3N2O2/c1-12-17(18(22)24(23-12)10-13-6-3-2-4-7-13)19(25)26-11-14-15(20)8-5-9-16(14)21/h2-9H,10-11H2,1H3. The molecule has 26 heavy (non-hydrogen) atoms. The summed E-state index contributed by atoms with van der Waals surface area (Å²) in [6, 6.07) is 14.8. The minimum atomic E-state index is -0.567. The molecule has 0 atom stereocenters. The highest BCUT2D eigenvalue weighted by molar-refractivity contribution is 6.36. The molecule has 0 aliphatic heterocycles. The summed E-state index contributed by atoms with van der Waals surface area (Å²) >= 11 is 18.6. The molecular weight excluding hydrogens is 395 g/mol. The summed E-state index contributed by atoms with van der Waals surface area (Å²) in [6.45, 7) is 2.13. The fourth-order valence-electron chi connectivity index (χ4n) is 2.53. The average molecular weight is 410 g/mol. The first-order valence-corrected chi connectivity index (χ1v) is 8.97. The van der Waals surface area contributed by atoms with E-state index in [4.69, 9.17) is 39.5 Å². The third kappa shape index (κ3) is 4.04. The lowest BCUT2D eigenvalue weighted by atomic mass is 10.2. The van der Waals surface area contributed by atoms with Gasteiger partial charge in [0.2, 0.25) is 0 Å². The van der Waals surface area contributed by atoms with Crippen LogP contribution < -0.4 is 0 Å². The summed E-state index contributed by atoms with van der Waals surface area (Å²) in [6.07, 6.45) is 0. The van der Waals surface area contributed by atoms with Crippen molar-refractivity contribution in [3.63, 3.8) is 0 Å². The van der Waals surface area contributed by atoms with E-state index in [1.165, 1.54) is 0 Å². The zero-order valence-electron chi connectivity index (χ0n) is 13.9. The topological polar surface area (TPSA) is 44.1 Å². The van der Waals surface area contributed by atoms with Crippen molar-refractivity contribution in [3.8, 4) is 0 Å². The number of halogens is 3. The second-order valence-electron chi connectivity index (χ2n) is 5.67. The molecule has 0 amide bonds. The zero-order chi connectivity index (χ0) is 18.7. The highest BCUT2D eigenvalue weighted by Crippen LogP contribution is 2.27. The Hall–Kier alpha value is -2.01. The maximum atomic E-state index is 12.5. The van der Waals surface area contributed by atoms with Crippen LogP contribution in [-0.2, 0) is 17.9 Å². The maximum Gasteiger partial charge on any atom is 0.343 e. The van der Waals surface area contributed by atoms with Gasteiger partial charge in [-0.15, -0.1) is 0 Å².